The quantitative estimate of drug-likeness (QED) is 0.0229. The number of hydrogen-bond donors (Lipinski definition) is 2. The highest BCUT2D eigenvalue weighted by molar-refractivity contribution is 7.57. The summed E-state index contributed by atoms with van der Waals surface area (Å²) in [4.78, 5) is 26.6. The van der Waals surface area contributed by atoms with E-state index in [-0.39, 0.29) is 0 Å². The molecule has 0 aliphatic heterocycles. The van der Waals surface area contributed by atoms with E-state index in [2.05, 4.69) is 102 Å². The van der Waals surface area contributed by atoms with Crippen molar-refractivity contribution in [2.24, 2.45) is 0 Å². The van der Waals surface area contributed by atoms with Gasteiger partial charge in [-0.3, -0.25) is 4.57 Å². The lowest BCUT2D eigenvalue weighted by atomic mass is 10.0. The molecule has 0 bridgehead atoms. The second kappa shape index (κ2) is 34.3. The first kappa shape index (κ1) is 59.7. The third kappa shape index (κ3) is 20.8. The molecule has 9 heteroatoms. The Morgan fingerprint density at radius 1 is 0.473 bits per heavy atom. The van der Waals surface area contributed by atoms with Gasteiger partial charge in [0.25, 0.3) is 5.44 Å². The van der Waals surface area contributed by atoms with Crippen LogP contribution in [0.25, 0.3) is 40.2 Å². The summed E-state index contributed by atoms with van der Waals surface area (Å²) < 4.78 is 16.4. The molecule has 0 aliphatic carbocycles. The molecule has 0 unspecified atom stereocenters. The number of hydrogen-bond acceptors (Lipinski definition) is 5. The summed E-state index contributed by atoms with van der Waals surface area (Å²) in [5, 5.41) is 0. The molecule has 5 nitrogen and oxygen atoms in total. The molecule has 6 aromatic rings. The van der Waals surface area contributed by atoms with E-state index in [1.54, 1.807) is 22.7 Å². The first-order valence-electron chi connectivity index (χ1n) is 29.5. The summed E-state index contributed by atoms with van der Waals surface area (Å²) in [5.41, 5.74) is 6.93. The molecule has 3 heterocycles. The van der Waals surface area contributed by atoms with E-state index in [1.165, 1.54) is 260 Å². The highest BCUT2D eigenvalue weighted by atomic mass is 32.1. The fraction of sp³-hybridized carbons (Fsp3) is 0.554. The zero-order valence-electron chi connectivity index (χ0n) is 45.6. The molecule has 2 N–H and O–H groups in total. The third-order valence-corrected chi connectivity index (χ3v) is 19.6. The maximum atomic E-state index is 11.8. The second-order valence-electron chi connectivity index (χ2n) is 21.2. The number of thiophene rings is 3. The van der Waals surface area contributed by atoms with Crippen molar-refractivity contribution in [3.8, 4) is 10.4 Å². The Hall–Kier alpha value is -3.54. The van der Waals surface area contributed by atoms with Crippen LogP contribution in [0, 0.1) is 6.57 Å². The van der Waals surface area contributed by atoms with Gasteiger partial charge in [-0.15, -0.1) is 34.0 Å². The van der Waals surface area contributed by atoms with Gasteiger partial charge in [-0.05, 0) is 97.0 Å². The van der Waals surface area contributed by atoms with Crippen LogP contribution in [0.5, 0.6) is 0 Å². The second-order valence-corrected chi connectivity index (χ2v) is 26.0. The zero-order valence-corrected chi connectivity index (χ0v) is 48.9. The van der Waals surface area contributed by atoms with Gasteiger partial charge in [-0.1, -0.05) is 243 Å². The van der Waals surface area contributed by atoms with E-state index >= 15 is 0 Å². The Bertz CT molecular complexity index is 2500. The monoisotopic (exact) mass is 1070 g/mol. The minimum Gasteiger partial charge on any atom is -0.329 e. The average molecular weight is 1080 g/mol. The van der Waals surface area contributed by atoms with Crippen LogP contribution in [0.2, 0.25) is 0 Å². The lowest BCUT2D eigenvalue weighted by Gasteiger charge is -2.26. The van der Waals surface area contributed by atoms with Gasteiger partial charge in [0.1, 0.15) is 0 Å². The van der Waals surface area contributed by atoms with Crippen molar-refractivity contribution in [1.82, 2.24) is 0 Å². The van der Waals surface area contributed by atoms with Crippen molar-refractivity contribution in [1.29, 1.82) is 0 Å². The summed E-state index contributed by atoms with van der Waals surface area (Å²) in [6, 6.07) is 31.8. The highest BCUT2D eigenvalue weighted by Gasteiger charge is 2.23. The number of unbranched alkanes of at least 4 members (excludes halogenated alkanes) is 30. The van der Waals surface area contributed by atoms with Crippen LogP contribution in [0.3, 0.4) is 0 Å². The van der Waals surface area contributed by atoms with E-state index in [9.17, 15) is 14.4 Å². The summed E-state index contributed by atoms with van der Waals surface area (Å²) in [6.07, 6.45) is 48.2. The molecule has 402 valence electrons. The molecule has 0 spiro atoms. The first-order chi connectivity index (χ1) is 36.3. The van der Waals surface area contributed by atoms with Gasteiger partial charge in [0.15, 0.2) is 0 Å². The van der Waals surface area contributed by atoms with Crippen molar-refractivity contribution in [2.45, 2.75) is 232 Å². The van der Waals surface area contributed by atoms with E-state index in [0.29, 0.717) is 4.88 Å². The Balaban J connectivity index is 1.00. The maximum absolute atomic E-state index is 11.8. The summed E-state index contributed by atoms with van der Waals surface area (Å²) in [7, 11) is -4.62. The van der Waals surface area contributed by atoms with E-state index in [1.807, 2.05) is 6.07 Å². The van der Waals surface area contributed by atoms with Crippen molar-refractivity contribution in [2.75, 3.05) is 4.90 Å². The maximum Gasteiger partial charge on any atom is 0.358 e. The SMILES string of the molecule is [C-]#[N+]/C(=C\c1cc2sc3cc(-c4ccc(N(c5ccc(CCCCCCCCCCCCCCCCCC)cc5)c5ccc(CCCCCCCCCCCCCCCCCC)cc5)cc4)sc3c2s1)P(=O)(O)O. The van der Waals surface area contributed by atoms with Gasteiger partial charge >= 0.3 is 7.60 Å². The topological polar surface area (TPSA) is 65.1 Å². The highest BCUT2D eigenvalue weighted by Crippen LogP contribution is 2.50. The van der Waals surface area contributed by atoms with Gasteiger partial charge in [0.05, 0.1) is 16.0 Å². The van der Waals surface area contributed by atoms with Gasteiger partial charge in [-0.25, -0.2) is 4.85 Å². The number of benzene rings is 3. The molecule has 0 fully saturated rings. The predicted octanol–water partition coefficient (Wildman–Crippen LogP) is 23.3. The molecule has 3 aromatic heterocycles. The summed E-state index contributed by atoms with van der Waals surface area (Å²) in [5.74, 6) is 0. The van der Waals surface area contributed by atoms with Crippen LogP contribution in [0.15, 0.2) is 90.4 Å². The smallest absolute Gasteiger partial charge is 0.329 e. The fourth-order valence-electron chi connectivity index (χ4n) is 10.5. The van der Waals surface area contributed by atoms with Crippen LogP contribution in [-0.4, -0.2) is 9.79 Å². The number of rotatable bonds is 40. The summed E-state index contributed by atoms with van der Waals surface area (Å²) in [6.45, 7) is 11.9. The molecule has 74 heavy (non-hydrogen) atoms. The Morgan fingerprint density at radius 3 is 1.18 bits per heavy atom. The van der Waals surface area contributed by atoms with Crippen molar-refractivity contribution < 1.29 is 14.4 Å². The predicted molar refractivity (Wildman–Crippen MR) is 328 cm³/mol. The van der Waals surface area contributed by atoms with E-state index < -0.39 is 13.0 Å². The molecular weight excluding hydrogens is 984 g/mol. The molecule has 6 rings (SSSR count). The number of aryl methyl sites for hydroxylation is 2. The number of nitrogens with zero attached hydrogens (tertiary/aromatic N) is 2. The van der Waals surface area contributed by atoms with Crippen molar-refractivity contribution in [3.05, 3.63) is 118 Å². The Kier molecular flexibility index (Phi) is 27.7. The van der Waals surface area contributed by atoms with Crippen LogP contribution in [-0.2, 0) is 17.4 Å². The van der Waals surface area contributed by atoms with Crippen molar-refractivity contribution >= 4 is 83.5 Å². The minimum atomic E-state index is -4.62. The molecule has 0 atom stereocenters. The van der Waals surface area contributed by atoms with E-state index in [4.69, 9.17) is 6.57 Å². The number of anilines is 3. The Labute approximate surface area is 460 Å². The van der Waals surface area contributed by atoms with Crippen LogP contribution in [0.1, 0.15) is 235 Å². The summed E-state index contributed by atoms with van der Waals surface area (Å²) >= 11 is 4.92. The molecule has 0 aliphatic rings. The van der Waals surface area contributed by atoms with Gasteiger partial charge in [0.2, 0.25) is 0 Å². The van der Waals surface area contributed by atoms with Crippen LogP contribution < -0.4 is 4.90 Å². The van der Waals surface area contributed by atoms with Gasteiger partial charge in [0, 0.05) is 36.2 Å². The minimum absolute atomic E-state index is 0.522. The normalized spacial score (nSPS) is 12.1. The molecule has 0 radical (unpaired) electrons. The van der Waals surface area contributed by atoms with Crippen LogP contribution >= 0.6 is 41.6 Å². The molecular formula is C65H91N2O3PS3. The largest absolute Gasteiger partial charge is 0.358 e. The van der Waals surface area contributed by atoms with Gasteiger partial charge < -0.3 is 14.7 Å². The molecule has 0 amide bonds. The first-order valence-corrected chi connectivity index (χ1v) is 33.5. The van der Waals surface area contributed by atoms with Crippen molar-refractivity contribution in [3.63, 3.8) is 0 Å². The molecule has 0 saturated heterocycles. The zero-order chi connectivity index (χ0) is 52.1. The molecule has 0 saturated carbocycles. The fourth-order valence-corrected chi connectivity index (χ4v) is 15.0. The lowest BCUT2D eigenvalue weighted by Crippen LogP contribution is -2.10. The van der Waals surface area contributed by atoms with Gasteiger partial charge in [-0.2, -0.15) is 0 Å². The Morgan fingerprint density at radius 2 is 0.811 bits per heavy atom. The van der Waals surface area contributed by atoms with Crippen LogP contribution in [0.4, 0.5) is 17.1 Å². The molecule has 3 aromatic carbocycles. The lowest BCUT2D eigenvalue weighted by molar-refractivity contribution is 0.383. The third-order valence-electron chi connectivity index (χ3n) is 15.0. The number of fused-ring (bicyclic) bond motifs is 3. The standard InChI is InChI=1S/C65H91N2O3PS3/c1-4-6-8-10-12-14-16-18-20-22-24-26-28-30-32-34-36-53-38-44-56(45-39-53)67(57-46-40-54(41-47-57)37-35-33-31-29-27-25-23-21-19-17-15-13-11-9-7-5-2)58-48-42-55(43-49-58)60-52-62-65(74-60)64-61(73-62)50-59(72-64)51-63(66-3)71(68,69)70/h38-52H,4-37H2,1-2H3,(H2,68,69,70)/b63-51+. The average Bonchev–Trinajstić information content (AvgIpc) is 4.09. The van der Waals surface area contributed by atoms with E-state index in [0.717, 1.165) is 33.5 Å².